The summed E-state index contributed by atoms with van der Waals surface area (Å²) in [6.45, 7) is 0.649. The Kier molecular flexibility index (Phi) is 2.60. The molecule has 4 rings (SSSR count). The van der Waals surface area contributed by atoms with Crippen molar-refractivity contribution in [3.63, 3.8) is 0 Å². The number of ether oxygens (including phenoxy) is 1. The quantitative estimate of drug-likeness (QED) is 0.690. The van der Waals surface area contributed by atoms with Crippen molar-refractivity contribution >= 4 is 22.2 Å². The van der Waals surface area contributed by atoms with Gasteiger partial charge in [0.2, 0.25) is 5.88 Å². The normalized spacial score (nSPS) is 14.0. The third-order valence-corrected chi connectivity index (χ3v) is 4.30. The fraction of sp³-hybridized carbons (Fsp3) is 0.200. The first-order chi connectivity index (χ1) is 9.86. The fourth-order valence-electron chi connectivity index (χ4n) is 2.67. The SMILES string of the molecule is O=c1c2c(n(-c3nccs3)c3ccccc13)OCCC2. The van der Waals surface area contributed by atoms with Crippen LogP contribution in [0.15, 0.2) is 40.6 Å². The molecule has 20 heavy (non-hydrogen) atoms. The van der Waals surface area contributed by atoms with Gasteiger partial charge in [-0.2, -0.15) is 0 Å². The highest BCUT2D eigenvalue weighted by atomic mass is 32.1. The Morgan fingerprint density at radius 3 is 3.05 bits per heavy atom. The number of hydrogen-bond acceptors (Lipinski definition) is 4. The van der Waals surface area contributed by atoms with E-state index in [0.29, 0.717) is 12.5 Å². The molecule has 0 radical (unpaired) electrons. The molecule has 100 valence electrons. The number of fused-ring (bicyclic) bond motifs is 2. The molecule has 0 saturated heterocycles. The second kappa shape index (κ2) is 4.45. The summed E-state index contributed by atoms with van der Waals surface area (Å²) < 4.78 is 7.77. The maximum atomic E-state index is 12.6. The number of pyridine rings is 1. The lowest BCUT2D eigenvalue weighted by molar-refractivity contribution is 0.270. The molecule has 0 unspecified atom stereocenters. The van der Waals surface area contributed by atoms with Crippen LogP contribution in [0.2, 0.25) is 0 Å². The molecular weight excluding hydrogens is 272 g/mol. The largest absolute Gasteiger partial charge is 0.478 e. The summed E-state index contributed by atoms with van der Waals surface area (Å²) in [5.74, 6) is 0.662. The molecule has 0 bridgehead atoms. The highest BCUT2D eigenvalue weighted by molar-refractivity contribution is 7.12. The molecule has 0 atom stereocenters. The molecule has 0 fully saturated rings. The van der Waals surface area contributed by atoms with E-state index >= 15 is 0 Å². The summed E-state index contributed by atoms with van der Waals surface area (Å²) in [7, 11) is 0. The Bertz CT molecular complexity index is 837. The van der Waals surface area contributed by atoms with Gasteiger partial charge in [-0.3, -0.25) is 9.36 Å². The summed E-state index contributed by atoms with van der Waals surface area (Å²) in [5, 5.41) is 3.49. The Hall–Kier alpha value is -2.14. The number of nitrogens with zero attached hydrogens (tertiary/aromatic N) is 2. The van der Waals surface area contributed by atoms with Gasteiger partial charge in [0.15, 0.2) is 10.6 Å². The molecule has 5 heteroatoms. The third kappa shape index (κ3) is 1.59. The molecule has 1 aromatic carbocycles. The van der Waals surface area contributed by atoms with Crippen molar-refractivity contribution < 1.29 is 4.74 Å². The van der Waals surface area contributed by atoms with Crippen LogP contribution in [0.5, 0.6) is 5.88 Å². The van der Waals surface area contributed by atoms with Crippen molar-refractivity contribution in [2.24, 2.45) is 0 Å². The lowest BCUT2D eigenvalue weighted by atomic mass is 10.1. The van der Waals surface area contributed by atoms with Crippen molar-refractivity contribution in [2.75, 3.05) is 6.61 Å². The Morgan fingerprint density at radius 2 is 2.20 bits per heavy atom. The summed E-state index contributed by atoms with van der Waals surface area (Å²) in [6, 6.07) is 7.64. The standard InChI is InChI=1S/C15H12N2O2S/c18-13-10-4-1-2-6-12(10)17(15-16-7-9-20-15)14-11(13)5-3-8-19-14/h1-2,4,6-7,9H,3,5,8H2. The predicted molar refractivity (Wildman–Crippen MR) is 79.0 cm³/mol. The van der Waals surface area contributed by atoms with Crippen LogP contribution < -0.4 is 10.2 Å². The topological polar surface area (TPSA) is 44.1 Å². The summed E-state index contributed by atoms with van der Waals surface area (Å²) in [4.78, 5) is 17.0. The maximum absolute atomic E-state index is 12.6. The first-order valence-corrected chi connectivity index (χ1v) is 7.43. The smallest absolute Gasteiger partial charge is 0.207 e. The molecule has 2 aromatic heterocycles. The van der Waals surface area contributed by atoms with Gasteiger partial charge in [-0.25, -0.2) is 4.98 Å². The number of para-hydroxylation sites is 1. The number of hydrogen-bond donors (Lipinski definition) is 0. The molecule has 1 aliphatic rings. The van der Waals surface area contributed by atoms with Gasteiger partial charge in [0.1, 0.15) is 0 Å². The van der Waals surface area contributed by atoms with Crippen LogP contribution in [0.4, 0.5) is 0 Å². The highest BCUT2D eigenvalue weighted by Crippen LogP contribution is 2.30. The second-order valence-corrected chi connectivity index (χ2v) is 5.61. The molecule has 3 aromatic rings. The molecule has 0 aliphatic carbocycles. The first kappa shape index (κ1) is 11.7. The minimum absolute atomic E-state index is 0.0862. The van der Waals surface area contributed by atoms with E-state index in [9.17, 15) is 4.79 Å². The zero-order chi connectivity index (χ0) is 13.5. The Labute approximate surface area is 119 Å². The van der Waals surface area contributed by atoms with E-state index in [-0.39, 0.29) is 5.43 Å². The predicted octanol–water partition coefficient (Wildman–Crippen LogP) is 2.77. The fourth-order valence-corrected chi connectivity index (χ4v) is 3.32. The molecule has 1 aliphatic heterocycles. The van der Waals surface area contributed by atoms with Crippen LogP contribution >= 0.6 is 11.3 Å². The molecule has 0 amide bonds. The van der Waals surface area contributed by atoms with Crippen LogP contribution in [0, 0.1) is 0 Å². The van der Waals surface area contributed by atoms with Gasteiger partial charge in [0.05, 0.1) is 17.7 Å². The number of aromatic nitrogens is 2. The van der Waals surface area contributed by atoms with Gasteiger partial charge in [-0.15, -0.1) is 11.3 Å². The van der Waals surface area contributed by atoms with Gasteiger partial charge in [-0.1, -0.05) is 12.1 Å². The average Bonchev–Trinajstić information content (AvgIpc) is 3.02. The summed E-state index contributed by atoms with van der Waals surface area (Å²) in [5.41, 5.74) is 1.71. The maximum Gasteiger partial charge on any atom is 0.207 e. The molecule has 3 heterocycles. The molecule has 0 saturated carbocycles. The van der Waals surface area contributed by atoms with Crippen LogP contribution in [-0.4, -0.2) is 16.2 Å². The van der Waals surface area contributed by atoms with Crippen LogP contribution in [-0.2, 0) is 6.42 Å². The van der Waals surface area contributed by atoms with E-state index < -0.39 is 0 Å². The van der Waals surface area contributed by atoms with E-state index in [1.165, 1.54) is 11.3 Å². The van der Waals surface area contributed by atoms with Crippen molar-refractivity contribution in [3.8, 4) is 11.0 Å². The second-order valence-electron chi connectivity index (χ2n) is 4.73. The van der Waals surface area contributed by atoms with Crippen molar-refractivity contribution in [2.45, 2.75) is 12.8 Å². The Morgan fingerprint density at radius 1 is 1.30 bits per heavy atom. The molecule has 0 N–H and O–H groups in total. The average molecular weight is 284 g/mol. The van der Waals surface area contributed by atoms with E-state index in [4.69, 9.17) is 4.74 Å². The van der Waals surface area contributed by atoms with Crippen molar-refractivity contribution in [3.05, 3.63) is 51.6 Å². The van der Waals surface area contributed by atoms with E-state index in [0.717, 1.165) is 34.4 Å². The van der Waals surface area contributed by atoms with E-state index in [2.05, 4.69) is 4.98 Å². The molecule has 0 spiro atoms. The molecule has 4 nitrogen and oxygen atoms in total. The highest BCUT2D eigenvalue weighted by Gasteiger charge is 2.22. The third-order valence-electron chi connectivity index (χ3n) is 3.55. The summed E-state index contributed by atoms with van der Waals surface area (Å²) >= 11 is 1.54. The van der Waals surface area contributed by atoms with Crippen molar-refractivity contribution in [1.82, 2.24) is 9.55 Å². The van der Waals surface area contributed by atoms with Gasteiger partial charge < -0.3 is 4.74 Å². The zero-order valence-corrected chi connectivity index (χ0v) is 11.5. The van der Waals surface area contributed by atoms with Gasteiger partial charge in [-0.05, 0) is 25.0 Å². The van der Waals surface area contributed by atoms with Crippen LogP contribution in [0.3, 0.4) is 0 Å². The number of rotatable bonds is 1. The lowest BCUT2D eigenvalue weighted by Crippen LogP contribution is -2.23. The van der Waals surface area contributed by atoms with Crippen molar-refractivity contribution in [1.29, 1.82) is 0 Å². The molecular formula is C15H12N2O2S. The monoisotopic (exact) mass is 284 g/mol. The lowest BCUT2D eigenvalue weighted by Gasteiger charge is -2.22. The van der Waals surface area contributed by atoms with Gasteiger partial charge >= 0.3 is 0 Å². The first-order valence-electron chi connectivity index (χ1n) is 6.55. The van der Waals surface area contributed by atoms with E-state index in [1.807, 2.05) is 34.2 Å². The van der Waals surface area contributed by atoms with E-state index in [1.54, 1.807) is 6.20 Å². The number of benzene rings is 1. The minimum atomic E-state index is 0.0862. The Balaban J connectivity index is 2.20. The van der Waals surface area contributed by atoms with Crippen LogP contribution in [0.1, 0.15) is 12.0 Å². The zero-order valence-electron chi connectivity index (χ0n) is 10.7. The van der Waals surface area contributed by atoms with Gasteiger partial charge in [0.25, 0.3) is 0 Å². The van der Waals surface area contributed by atoms with Gasteiger partial charge in [0, 0.05) is 17.0 Å². The summed E-state index contributed by atoms with van der Waals surface area (Å²) in [6.07, 6.45) is 3.42. The number of thiazole rings is 1. The minimum Gasteiger partial charge on any atom is -0.478 e. The van der Waals surface area contributed by atoms with Crippen LogP contribution in [0.25, 0.3) is 16.0 Å².